The van der Waals surface area contributed by atoms with Gasteiger partial charge in [0.05, 0.1) is 6.54 Å². The Kier molecular flexibility index (Phi) is 4.63. The van der Waals surface area contributed by atoms with Gasteiger partial charge in [-0.25, -0.2) is 0 Å². The van der Waals surface area contributed by atoms with Crippen molar-refractivity contribution in [3.8, 4) is 0 Å². The van der Waals surface area contributed by atoms with E-state index < -0.39 is 5.78 Å². The standard InChI is InChI=1S/C6H9NO2/c1-2-3-7-4-6(9)5-8/h2,5,7H,1,3-4H2. The summed E-state index contributed by atoms with van der Waals surface area (Å²) in [6.45, 7) is 4.08. The highest BCUT2D eigenvalue weighted by Gasteiger charge is 1.93. The Bertz CT molecular complexity index is 120. The van der Waals surface area contributed by atoms with Crippen molar-refractivity contribution in [2.45, 2.75) is 0 Å². The Morgan fingerprint density at radius 1 is 1.67 bits per heavy atom. The Hall–Kier alpha value is -0.960. The Labute approximate surface area is 53.7 Å². The molecule has 0 aliphatic carbocycles. The quantitative estimate of drug-likeness (QED) is 0.235. The van der Waals surface area contributed by atoms with E-state index in [9.17, 15) is 9.59 Å². The molecule has 0 unspecified atom stereocenters. The van der Waals surface area contributed by atoms with E-state index in [1.165, 1.54) is 0 Å². The first-order valence-corrected chi connectivity index (χ1v) is 2.61. The van der Waals surface area contributed by atoms with Crippen LogP contribution in [0.4, 0.5) is 0 Å². The molecule has 0 aromatic carbocycles. The zero-order valence-corrected chi connectivity index (χ0v) is 5.09. The molecule has 0 aromatic heterocycles. The summed E-state index contributed by atoms with van der Waals surface area (Å²) in [4.78, 5) is 19.9. The van der Waals surface area contributed by atoms with Gasteiger partial charge in [-0.1, -0.05) is 6.08 Å². The number of nitrogens with one attached hydrogen (secondary N) is 1. The number of ketones is 1. The molecule has 0 fully saturated rings. The minimum Gasteiger partial charge on any atom is -0.306 e. The summed E-state index contributed by atoms with van der Waals surface area (Å²) < 4.78 is 0. The zero-order chi connectivity index (χ0) is 7.11. The fourth-order valence-electron chi connectivity index (χ4n) is 0.339. The highest BCUT2D eigenvalue weighted by atomic mass is 16.2. The molecule has 0 radical (unpaired) electrons. The highest BCUT2D eigenvalue weighted by molar-refractivity contribution is 6.25. The number of rotatable bonds is 5. The SMILES string of the molecule is C=CCNCC(=O)C=O. The maximum Gasteiger partial charge on any atom is 0.208 e. The lowest BCUT2D eigenvalue weighted by atomic mass is 10.4. The summed E-state index contributed by atoms with van der Waals surface area (Å²) in [5.74, 6) is -0.433. The van der Waals surface area contributed by atoms with Crippen molar-refractivity contribution in [3.05, 3.63) is 12.7 Å². The second-order valence-electron chi connectivity index (χ2n) is 1.50. The molecule has 0 aliphatic rings. The highest BCUT2D eigenvalue weighted by Crippen LogP contribution is 1.62. The van der Waals surface area contributed by atoms with Gasteiger partial charge >= 0.3 is 0 Å². The number of hydrogen-bond donors (Lipinski definition) is 1. The van der Waals surface area contributed by atoms with E-state index in [1.54, 1.807) is 6.08 Å². The average Bonchev–Trinajstić information content (AvgIpc) is 1.89. The number of hydrogen-bond acceptors (Lipinski definition) is 3. The normalized spacial score (nSPS) is 8.44. The van der Waals surface area contributed by atoms with Crippen molar-refractivity contribution in [1.29, 1.82) is 0 Å². The van der Waals surface area contributed by atoms with Crippen molar-refractivity contribution in [1.82, 2.24) is 5.32 Å². The van der Waals surface area contributed by atoms with Crippen LogP contribution in [0.3, 0.4) is 0 Å². The molecule has 0 rings (SSSR count). The first-order chi connectivity index (χ1) is 4.31. The van der Waals surface area contributed by atoms with Crippen molar-refractivity contribution >= 4 is 12.1 Å². The molecule has 0 saturated heterocycles. The number of aldehydes is 1. The van der Waals surface area contributed by atoms with Crippen LogP contribution in [0.25, 0.3) is 0 Å². The molecular weight excluding hydrogens is 118 g/mol. The maximum absolute atomic E-state index is 10.2. The number of Topliss-reactive ketones (excluding diaryl/α,β-unsaturated/α-hetero) is 1. The van der Waals surface area contributed by atoms with Crippen LogP contribution in [-0.2, 0) is 9.59 Å². The summed E-state index contributed by atoms with van der Waals surface area (Å²) in [6, 6.07) is 0. The van der Waals surface area contributed by atoms with Crippen LogP contribution < -0.4 is 5.32 Å². The molecule has 0 aliphatic heterocycles. The first-order valence-electron chi connectivity index (χ1n) is 2.61. The van der Waals surface area contributed by atoms with Gasteiger partial charge in [-0.05, 0) is 0 Å². The molecule has 0 aromatic rings. The number of carbonyl (C=O) groups excluding carboxylic acids is 2. The van der Waals surface area contributed by atoms with E-state index in [-0.39, 0.29) is 6.54 Å². The van der Waals surface area contributed by atoms with Crippen LogP contribution in [0.2, 0.25) is 0 Å². The molecule has 50 valence electrons. The van der Waals surface area contributed by atoms with Gasteiger partial charge in [0, 0.05) is 6.54 Å². The molecule has 0 heterocycles. The molecule has 0 bridgehead atoms. The fraction of sp³-hybridized carbons (Fsp3) is 0.333. The minimum absolute atomic E-state index is 0.107. The van der Waals surface area contributed by atoms with Crippen LogP contribution in [0, 0.1) is 0 Å². The molecule has 0 atom stereocenters. The molecule has 1 N–H and O–H groups in total. The topological polar surface area (TPSA) is 46.2 Å². The van der Waals surface area contributed by atoms with E-state index in [0.29, 0.717) is 12.8 Å². The van der Waals surface area contributed by atoms with Crippen molar-refractivity contribution in [3.63, 3.8) is 0 Å². The summed E-state index contributed by atoms with van der Waals surface area (Å²) in [5.41, 5.74) is 0. The van der Waals surface area contributed by atoms with E-state index in [2.05, 4.69) is 11.9 Å². The Balaban J connectivity index is 3.16. The number of carbonyl (C=O) groups is 2. The van der Waals surface area contributed by atoms with Crippen LogP contribution >= 0.6 is 0 Å². The largest absolute Gasteiger partial charge is 0.306 e. The van der Waals surface area contributed by atoms with Gasteiger partial charge in [0.2, 0.25) is 5.78 Å². The summed E-state index contributed by atoms with van der Waals surface area (Å²) >= 11 is 0. The van der Waals surface area contributed by atoms with Crippen LogP contribution in [0.15, 0.2) is 12.7 Å². The lowest BCUT2D eigenvalue weighted by Gasteiger charge is -1.92. The summed E-state index contributed by atoms with van der Waals surface area (Å²) in [6.07, 6.45) is 1.92. The monoisotopic (exact) mass is 127 g/mol. The van der Waals surface area contributed by atoms with Gasteiger partial charge in [-0.3, -0.25) is 9.59 Å². The fourth-order valence-corrected chi connectivity index (χ4v) is 0.339. The van der Waals surface area contributed by atoms with Gasteiger partial charge in [0.25, 0.3) is 0 Å². The Morgan fingerprint density at radius 2 is 2.33 bits per heavy atom. The van der Waals surface area contributed by atoms with Crippen molar-refractivity contribution in [2.75, 3.05) is 13.1 Å². The lowest BCUT2D eigenvalue weighted by molar-refractivity contribution is -0.129. The third-order valence-corrected chi connectivity index (χ3v) is 0.719. The second-order valence-corrected chi connectivity index (χ2v) is 1.50. The zero-order valence-electron chi connectivity index (χ0n) is 5.09. The van der Waals surface area contributed by atoms with Gasteiger partial charge in [-0.15, -0.1) is 6.58 Å². The van der Waals surface area contributed by atoms with Gasteiger partial charge < -0.3 is 5.32 Å². The molecule has 9 heavy (non-hydrogen) atoms. The second kappa shape index (κ2) is 5.18. The third-order valence-electron chi connectivity index (χ3n) is 0.719. The van der Waals surface area contributed by atoms with Crippen LogP contribution in [-0.4, -0.2) is 25.2 Å². The molecule has 3 heteroatoms. The average molecular weight is 127 g/mol. The minimum atomic E-state index is -0.433. The van der Waals surface area contributed by atoms with Crippen LogP contribution in [0.1, 0.15) is 0 Å². The van der Waals surface area contributed by atoms with E-state index in [1.807, 2.05) is 0 Å². The van der Waals surface area contributed by atoms with Crippen molar-refractivity contribution in [2.24, 2.45) is 0 Å². The third kappa shape index (κ3) is 4.90. The molecule has 0 spiro atoms. The molecule has 0 amide bonds. The van der Waals surface area contributed by atoms with Gasteiger partial charge in [-0.2, -0.15) is 0 Å². The smallest absolute Gasteiger partial charge is 0.208 e. The molecular formula is C6H9NO2. The molecule has 3 nitrogen and oxygen atoms in total. The first kappa shape index (κ1) is 8.04. The summed E-state index contributed by atoms with van der Waals surface area (Å²) in [5, 5.41) is 2.69. The predicted octanol–water partition coefficient (Wildman–Crippen LogP) is -0.470. The lowest BCUT2D eigenvalue weighted by Crippen LogP contribution is -2.23. The van der Waals surface area contributed by atoms with Crippen molar-refractivity contribution < 1.29 is 9.59 Å². The van der Waals surface area contributed by atoms with Crippen LogP contribution in [0.5, 0.6) is 0 Å². The van der Waals surface area contributed by atoms with E-state index in [4.69, 9.17) is 0 Å². The van der Waals surface area contributed by atoms with Gasteiger partial charge in [0.15, 0.2) is 6.29 Å². The summed E-state index contributed by atoms with van der Waals surface area (Å²) in [7, 11) is 0. The Morgan fingerprint density at radius 3 is 2.78 bits per heavy atom. The predicted molar refractivity (Wildman–Crippen MR) is 34.1 cm³/mol. The maximum atomic E-state index is 10.2. The van der Waals surface area contributed by atoms with E-state index >= 15 is 0 Å². The van der Waals surface area contributed by atoms with E-state index in [0.717, 1.165) is 0 Å². The molecule has 0 saturated carbocycles. The van der Waals surface area contributed by atoms with Gasteiger partial charge in [0.1, 0.15) is 0 Å².